The van der Waals surface area contributed by atoms with Gasteiger partial charge in [0.15, 0.2) is 5.69 Å². The van der Waals surface area contributed by atoms with Crippen molar-refractivity contribution < 1.29 is 13.9 Å². The van der Waals surface area contributed by atoms with Gasteiger partial charge in [0, 0.05) is 5.56 Å². The number of methoxy groups -OCH3 is 1. The van der Waals surface area contributed by atoms with Crippen LogP contribution in [-0.4, -0.2) is 22.9 Å². The fraction of sp³-hybridized carbons (Fsp3) is 0.333. The number of ether oxygens (including phenoxy) is 1. The van der Waals surface area contributed by atoms with Gasteiger partial charge in [-0.25, -0.2) is 13.9 Å². The standard InChI is InChI=1S/C15H16FN3O2/c1-21-15(20)13-12(9-3-2-4-9)14(17)19(18-13)11-7-5-10(16)6-8-11/h5-9H,2-4,17H2,1H3. The van der Waals surface area contributed by atoms with Crippen molar-refractivity contribution in [3.05, 3.63) is 41.3 Å². The molecule has 3 rings (SSSR count). The number of aromatic nitrogens is 2. The number of carbonyl (C=O) groups is 1. The van der Waals surface area contributed by atoms with Crippen LogP contribution in [0.3, 0.4) is 0 Å². The van der Waals surface area contributed by atoms with E-state index in [1.54, 1.807) is 12.1 Å². The van der Waals surface area contributed by atoms with E-state index in [4.69, 9.17) is 10.5 Å². The molecule has 21 heavy (non-hydrogen) atoms. The monoisotopic (exact) mass is 289 g/mol. The maximum absolute atomic E-state index is 13.0. The Morgan fingerprint density at radius 1 is 1.38 bits per heavy atom. The molecule has 0 atom stereocenters. The molecule has 1 aromatic carbocycles. The predicted octanol–water partition coefficient (Wildman–Crippen LogP) is 2.65. The first kappa shape index (κ1) is 13.6. The largest absolute Gasteiger partial charge is 0.464 e. The van der Waals surface area contributed by atoms with Crippen molar-refractivity contribution in [2.45, 2.75) is 25.2 Å². The van der Waals surface area contributed by atoms with Crippen LogP contribution in [0.25, 0.3) is 5.69 Å². The molecule has 0 bridgehead atoms. The molecular formula is C15H16FN3O2. The fourth-order valence-electron chi connectivity index (χ4n) is 2.57. The first-order valence-corrected chi connectivity index (χ1v) is 6.84. The zero-order valence-corrected chi connectivity index (χ0v) is 11.7. The molecule has 1 aliphatic rings. The Bertz CT molecular complexity index is 675. The number of anilines is 1. The molecule has 110 valence electrons. The minimum atomic E-state index is -0.496. The van der Waals surface area contributed by atoms with Gasteiger partial charge in [-0.2, -0.15) is 5.10 Å². The van der Waals surface area contributed by atoms with Gasteiger partial charge in [0.2, 0.25) is 0 Å². The molecule has 0 unspecified atom stereocenters. The van der Waals surface area contributed by atoms with E-state index in [-0.39, 0.29) is 17.4 Å². The Labute approximate surface area is 121 Å². The third-order valence-corrected chi connectivity index (χ3v) is 3.92. The highest BCUT2D eigenvalue weighted by molar-refractivity contribution is 5.91. The van der Waals surface area contributed by atoms with Crippen LogP contribution in [0, 0.1) is 5.82 Å². The Morgan fingerprint density at radius 2 is 2.05 bits per heavy atom. The lowest BCUT2D eigenvalue weighted by atomic mass is 9.79. The highest BCUT2D eigenvalue weighted by Gasteiger charge is 2.31. The van der Waals surface area contributed by atoms with Crippen molar-refractivity contribution in [2.75, 3.05) is 12.8 Å². The van der Waals surface area contributed by atoms with E-state index in [0.717, 1.165) is 24.8 Å². The Hall–Kier alpha value is -2.37. The van der Waals surface area contributed by atoms with E-state index in [0.29, 0.717) is 11.5 Å². The zero-order valence-electron chi connectivity index (χ0n) is 11.7. The number of carbonyl (C=O) groups excluding carboxylic acids is 1. The van der Waals surface area contributed by atoms with Gasteiger partial charge in [0.1, 0.15) is 11.6 Å². The molecule has 0 amide bonds. The molecule has 1 fully saturated rings. The molecule has 1 aromatic heterocycles. The summed E-state index contributed by atoms with van der Waals surface area (Å²) in [5, 5.41) is 4.28. The molecule has 2 N–H and O–H groups in total. The van der Waals surface area contributed by atoms with Crippen molar-refractivity contribution in [1.82, 2.24) is 9.78 Å². The molecule has 1 heterocycles. The summed E-state index contributed by atoms with van der Waals surface area (Å²) >= 11 is 0. The van der Waals surface area contributed by atoms with Gasteiger partial charge in [0.25, 0.3) is 0 Å². The lowest BCUT2D eigenvalue weighted by Gasteiger charge is -2.25. The number of hydrogen-bond acceptors (Lipinski definition) is 4. The highest BCUT2D eigenvalue weighted by atomic mass is 19.1. The van der Waals surface area contributed by atoms with Crippen molar-refractivity contribution in [2.24, 2.45) is 0 Å². The number of hydrogen-bond donors (Lipinski definition) is 1. The number of nitrogens with two attached hydrogens (primary N) is 1. The van der Waals surface area contributed by atoms with Crippen LogP contribution in [0.5, 0.6) is 0 Å². The lowest BCUT2D eigenvalue weighted by Crippen LogP contribution is -2.15. The van der Waals surface area contributed by atoms with Crippen LogP contribution in [0.1, 0.15) is 41.2 Å². The smallest absolute Gasteiger partial charge is 0.358 e. The number of rotatable bonds is 3. The Morgan fingerprint density at radius 3 is 2.57 bits per heavy atom. The van der Waals surface area contributed by atoms with Crippen LogP contribution in [0.15, 0.2) is 24.3 Å². The Kier molecular flexibility index (Phi) is 3.37. The van der Waals surface area contributed by atoms with E-state index in [9.17, 15) is 9.18 Å². The summed E-state index contributed by atoms with van der Waals surface area (Å²) in [5.41, 5.74) is 7.79. The average molecular weight is 289 g/mol. The topological polar surface area (TPSA) is 70.1 Å². The summed E-state index contributed by atoms with van der Waals surface area (Å²) in [6.07, 6.45) is 3.10. The highest BCUT2D eigenvalue weighted by Crippen LogP contribution is 2.41. The van der Waals surface area contributed by atoms with Crippen molar-refractivity contribution in [3.8, 4) is 5.69 Å². The Balaban J connectivity index is 2.11. The van der Waals surface area contributed by atoms with E-state index in [1.807, 2.05) is 0 Å². The molecule has 5 nitrogen and oxygen atoms in total. The van der Waals surface area contributed by atoms with E-state index in [2.05, 4.69) is 5.10 Å². The normalized spacial score (nSPS) is 14.8. The third kappa shape index (κ3) is 2.26. The molecule has 1 saturated carbocycles. The summed E-state index contributed by atoms with van der Waals surface area (Å²) < 4.78 is 19.3. The van der Waals surface area contributed by atoms with Gasteiger partial charge >= 0.3 is 5.97 Å². The molecule has 0 radical (unpaired) electrons. The van der Waals surface area contributed by atoms with Crippen LogP contribution in [-0.2, 0) is 4.74 Å². The molecule has 0 spiro atoms. The summed E-state index contributed by atoms with van der Waals surface area (Å²) in [4.78, 5) is 11.9. The molecule has 2 aromatic rings. The van der Waals surface area contributed by atoms with E-state index in [1.165, 1.54) is 23.9 Å². The average Bonchev–Trinajstić information content (AvgIpc) is 2.76. The minimum absolute atomic E-state index is 0.244. The molecular weight excluding hydrogens is 273 g/mol. The summed E-state index contributed by atoms with van der Waals surface area (Å²) in [5.74, 6) is -0.165. The predicted molar refractivity (Wildman–Crippen MR) is 75.9 cm³/mol. The number of nitrogen functional groups attached to an aromatic ring is 1. The van der Waals surface area contributed by atoms with Gasteiger partial charge in [-0.15, -0.1) is 0 Å². The first-order chi connectivity index (χ1) is 10.1. The second-order valence-corrected chi connectivity index (χ2v) is 5.16. The van der Waals surface area contributed by atoms with Gasteiger partial charge in [-0.1, -0.05) is 6.42 Å². The third-order valence-electron chi connectivity index (χ3n) is 3.92. The fourth-order valence-corrected chi connectivity index (χ4v) is 2.57. The zero-order chi connectivity index (χ0) is 15.0. The van der Waals surface area contributed by atoms with Crippen LogP contribution < -0.4 is 5.73 Å². The maximum atomic E-state index is 13.0. The van der Waals surface area contributed by atoms with Crippen molar-refractivity contribution in [3.63, 3.8) is 0 Å². The molecule has 0 aliphatic heterocycles. The van der Waals surface area contributed by atoms with Crippen LogP contribution in [0.4, 0.5) is 10.2 Å². The molecule has 0 saturated heterocycles. The number of esters is 1. The van der Waals surface area contributed by atoms with Crippen LogP contribution in [0.2, 0.25) is 0 Å². The SMILES string of the molecule is COC(=O)c1nn(-c2ccc(F)cc2)c(N)c1C1CCC1. The minimum Gasteiger partial charge on any atom is -0.464 e. The molecule has 6 heteroatoms. The summed E-state index contributed by atoms with van der Waals surface area (Å²) in [6, 6.07) is 5.81. The lowest BCUT2D eigenvalue weighted by molar-refractivity contribution is 0.0591. The van der Waals surface area contributed by atoms with Gasteiger partial charge < -0.3 is 10.5 Å². The van der Waals surface area contributed by atoms with Gasteiger partial charge in [0.05, 0.1) is 12.8 Å². The van der Waals surface area contributed by atoms with Crippen molar-refractivity contribution >= 4 is 11.8 Å². The van der Waals surface area contributed by atoms with E-state index >= 15 is 0 Å². The quantitative estimate of drug-likeness (QED) is 0.882. The van der Waals surface area contributed by atoms with Crippen LogP contribution >= 0.6 is 0 Å². The number of nitrogens with zero attached hydrogens (tertiary/aromatic N) is 2. The number of benzene rings is 1. The van der Waals surface area contributed by atoms with Gasteiger partial charge in [-0.3, -0.25) is 0 Å². The summed E-state index contributed by atoms with van der Waals surface area (Å²) in [7, 11) is 1.32. The number of halogens is 1. The molecule has 1 aliphatic carbocycles. The first-order valence-electron chi connectivity index (χ1n) is 6.84. The second-order valence-electron chi connectivity index (χ2n) is 5.16. The van der Waals surface area contributed by atoms with Crippen molar-refractivity contribution in [1.29, 1.82) is 0 Å². The second kappa shape index (κ2) is 5.20. The van der Waals surface area contributed by atoms with Gasteiger partial charge in [-0.05, 0) is 43.0 Å². The maximum Gasteiger partial charge on any atom is 0.358 e. The van der Waals surface area contributed by atoms with E-state index < -0.39 is 5.97 Å². The summed E-state index contributed by atoms with van der Waals surface area (Å²) in [6.45, 7) is 0.